The first-order chi connectivity index (χ1) is 17.4. The maximum Gasteiger partial charge on any atom is 0.259 e. The second-order valence-electron chi connectivity index (χ2n) is 7.47. The molecule has 1 N–H and O–H groups in total. The Morgan fingerprint density at radius 3 is 2.39 bits per heavy atom. The minimum absolute atomic E-state index is 0.0347. The van der Waals surface area contributed by atoms with Crippen LogP contribution in [0.3, 0.4) is 0 Å². The van der Waals surface area contributed by atoms with E-state index in [-0.39, 0.29) is 17.9 Å². The van der Waals surface area contributed by atoms with Gasteiger partial charge in [-0.1, -0.05) is 53.2 Å². The van der Waals surface area contributed by atoms with Gasteiger partial charge in [0, 0.05) is 10.8 Å². The van der Waals surface area contributed by atoms with Gasteiger partial charge in [-0.25, -0.2) is 4.39 Å². The van der Waals surface area contributed by atoms with Crippen LogP contribution in [0.1, 0.15) is 21.7 Å². The number of ether oxygens (including phenoxy) is 2. The molecular weight excluding hydrogens is 526 g/mol. The molecule has 4 rings (SSSR count). The molecule has 1 heterocycles. The van der Waals surface area contributed by atoms with Crippen LogP contribution in [0.25, 0.3) is 5.69 Å². The smallest absolute Gasteiger partial charge is 0.259 e. The van der Waals surface area contributed by atoms with Crippen molar-refractivity contribution in [2.45, 2.75) is 17.5 Å². The number of thioether (sulfide) groups is 1. The number of hydrogen-bond acceptors (Lipinski definition) is 6. The van der Waals surface area contributed by atoms with Crippen LogP contribution in [0, 0.1) is 5.82 Å². The highest BCUT2D eigenvalue weighted by molar-refractivity contribution is 7.98. The van der Waals surface area contributed by atoms with Crippen molar-refractivity contribution in [3.8, 4) is 17.2 Å². The van der Waals surface area contributed by atoms with Crippen molar-refractivity contribution in [1.82, 2.24) is 20.1 Å². The molecular formula is C25H21Cl2FN4O3S. The minimum atomic E-state index is -0.406. The standard InChI is InChI=1S/C25H21Cl2FN4O3S/c1-34-20-4-3-5-21(35-2)23(20)24(33)29-13-22-30-31-25(36-14-15-6-9-17(28)10-7-15)32(22)19-12-16(26)8-11-18(19)27/h3-12H,13-14H2,1-2H3,(H,29,33). The number of rotatable bonds is 9. The van der Waals surface area contributed by atoms with Crippen molar-refractivity contribution < 1.29 is 18.7 Å². The summed E-state index contributed by atoms with van der Waals surface area (Å²) in [7, 11) is 2.96. The zero-order chi connectivity index (χ0) is 25.7. The lowest BCUT2D eigenvalue weighted by Crippen LogP contribution is -2.25. The average molecular weight is 547 g/mol. The molecule has 36 heavy (non-hydrogen) atoms. The van der Waals surface area contributed by atoms with Crippen LogP contribution >= 0.6 is 35.0 Å². The van der Waals surface area contributed by atoms with E-state index in [0.29, 0.717) is 44.0 Å². The van der Waals surface area contributed by atoms with Crippen molar-refractivity contribution in [2.24, 2.45) is 0 Å². The maximum atomic E-state index is 13.3. The lowest BCUT2D eigenvalue weighted by molar-refractivity contribution is 0.0943. The van der Waals surface area contributed by atoms with E-state index in [1.807, 2.05) is 0 Å². The number of carbonyl (C=O) groups is 1. The summed E-state index contributed by atoms with van der Waals surface area (Å²) in [6.07, 6.45) is 0. The molecule has 0 fully saturated rings. The van der Waals surface area contributed by atoms with E-state index in [1.54, 1.807) is 53.1 Å². The molecule has 0 saturated carbocycles. The summed E-state index contributed by atoms with van der Waals surface area (Å²) in [5, 5.41) is 12.9. The Kier molecular flexibility index (Phi) is 8.35. The Labute approximate surface area is 221 Å². The van der Waals surface area contributed by atoms with E-state index in [2.05, 4.69) is 15.5 Å². The highest BCUT2D eigenvalue weighted by Crippen LogP contribution is 2.32. The summed E-state index contributed by atoms with van der Waals surface area (Å²) in [5.41, 5.74) is 1.74. The number of halogens is 3. The third-order valence-electron chi connectivity index (χ3n) is 5.19. The Morgan fingerprint density at radius 2 is 1.72 bits per heavy atom. The first-order valence-electron chi connectivity index (χ1n) is 10.7. The first kappa shape index (κ1) is 25.8. The summed E-state index contributed by atoms with van der Waals surface area (Å²) in [4.78, 5) is 13.1. The summed E-state index contributed by atoms with van der Waals surface area (Å²) in [5.74, 6) is 0.992. The van der Waals surface area contributed by atoms with Gasteiger partial charge in [0.05, 0.1) is 31.5 Å². The fourth-order valence-electron chi connectivity index (χ4n) is 3.46. The Morgan fingerprint density at radius 1 is 1.03 bits per heavy atom. The van der Waals surface area contributed by atoms with Crippen LogP contribution < -0.4 is 14.8 Å². The van der Waals surface area contributed by atoms with E-state index < -0.39 is 5.91 Å². The van der Waals surface area contributed by atoms with E-state index in [1.165, 1.54) is 38.1 Å². The van der Waals surface area contributed by atoms with Gasteiger partial charge in [0.1, 0.15) is 22.9 Å². The number of nitrogens with zero attached hydrogens (tertiary/aromatic N) is 3. The number of methoxy groups -OCH3 is 2. The second-order valence-corrected chi connectivity index (χ2v) is 9.25. The summed E-state index contributed by atoms with van der Waals surface area (Å²) in [6, 6.07) is 16.4. The fraction of sp³-hybridized carbons (Fsp3) is 0.160. The molecule has 0 radical (unpaired) electrons. The van der Waals surface area contributed by atoms with Gasteiger partial charge < -0.3 is 14.8 Å². The Balaban J connectivity index is 1.64. The highest BCUT2D eigenvalue weighted by atomic mass is 35.5. The van der Waals surface area contributed by atoms with Crippen LogP contribution in [-0.4, -0.2) is 34.9 Å². The van der Waals surface area contributed by atoms with E-state index >= 15 is 0 Å². The number of nitrogens with one attached hydrogen (secondary N) is 1. The lowest BCUT2D eigenvalue weighted by Gasteiger charge is -2.15. The van der Waals surface area contributed by atoms with Gasteiger partial charge in [0.25, 0.3) is 5.91 Å². The number of hydrogen-bond donors (Lipinski definition) is 1. The predicted molar refractivity (Wildman–Crippen MR) is 138 cm³/mol. The molecule has 0 saturated heterocycles. The van der Waals surface area contributed by atoms with E-state index in [4.69, 9.17) is 32.7 Å². The monoisotopic (exact) mass is 546 g/mol. The molecule has 7 nitrogen and oxygen atoms in total. The van der Waals surface area contributed by atoms with Crippen molar-refractivity contribution >= 4 is 40.9 Å². The third-order valence-corrected chi connectivity index (χ3v) is 6.75. The van der Waals surface area contributed by atoms with Crippen LogP contribution in [0.2, 0.25) is 10.0 Å². The SMILES string of the molecule is COc1cccc(OC)c1C(=O)NCc1nnc(SCc2ccc(F)cc2)n1-c1cc(Cl)ccc1Cl. The lowest BCUT2D eigenvalue weighted by atomic mass is 10.1. The van der Waals surface area contributed by atoms with Crippen molar-refractivity contribution in [1.29, 1.82) is 0 Å². The van der Waals surface area contributed by atoms with Crippen molar-refractivity contribution in [3.05, 3.63) is 93.5 Å². The summed E-state index contributed by atoms with van der Waals surface area (Å²) >= 11 is 14.1. The van der Waals surface area contributed by atoms with Crippen molar-refractivity contribution in [3.63, 3.8) is 0 Å². The molecule has 0 aliphatic heterocycles. The molecule has 0 bridgehead atoms. The molecule has 4 aromatic rings. The molecule has 0 spiro atoms. The fourth-order valence-corrected chi connectivity index (χ4v) is 4.75. The number of carbonyl (C=O) groups excluding carboxylic acids is 1. The molecule has 0 atom stereocenters. The minimum Gasteiger partial charge on any atom is -0.496 e. The zero-order valence-electron chi connectivity index (χ0n) is 19.3. The van der Waals surface area contributed by atoms with Gasteiger partial charge in [-0.15, -0.1) is 10.2 Å². The van der Waals surface area contributed by atoms with Crippen LogP contribution in [0.15, 0.2) is 65.8 Å². The van der Waals surface area contributed by atoms with Gasteiger partial charge in [-0.3, -0.25) is 9.36 Å². The van der Waals surface area contributed by atoms with Crippen LogP contribution in [0.5, 0.6) is 11.5 Å². The van der Waals surface area contributed by atoms with Crippen LogP contribution in [-0.2, 0) is 12.3 Å². The van der Waals surface area contributed by atoms with E-state index in [9.17, 15) is 9.18 Å². The molecule has 11 heteroatoms. The van der Waals surface area contributed by atoms with Gasteiger partial charge in [-0.2, -0.15) is 0 Å². The first-order valence-corrected chi connectivity index (χ1v) is 12.4. The average Bonchev–Trinajstić information content (AvgIpc) is 3.30. The highest BCUT2D eigenvalue weighted by Gasteiger charge is 2.21. The molecule has 0 aliphatic rings. The largest absolute Gasteiger partial charge is 0.496 e. The van der Waals surface area contributed by atoms with Gasteiger partial charge in [0.15, 0.2) is 11.0 Å². The summed E-state index contributed by atoms with van der Waals surface area (Å²) in [6.45, 7) is 0.0347. The van der Waals surface area contributed by atoms with Gasteiger partial charge >= 0.3 is 0 Å². The van der Waals surface area contributed by atoms with Crippen molar-refractivity contribution in [2.75, 3.05) is 14.2 Å². The molecule has 0 aliphatic carbocycles. The molecule has 0 unspecified atom stereocenters. The maximum absolute atomic E-state index is 13.3. The molecule has 186 valence electrons. The topological polar surface area (TPSA) is 78.3 Å². The molecule has 1 aromatic heterocycles. The number of amides is 1. The molecule has 1 amide bonds. The Bertz CT molecular complexity index is 1360. The number of benzene rings is 3. The normalized spacial score (nSPS) is 10.8. The van der Waals surface area contributed by atoms with Gasteiger partial charge in [0.2, 0.25) is 0 Å². The Hall–Kier alpha value is -3.27. The zero-order valence-corrected chi connectivity index (χ0v) is 21.6. The predicted octanol–water partition coefficient (Wildman–Crippen LogP) is 5.95. The second kappa shape index (κ2) is 11.6. The summed E-state index contributed by atoms with van der Waals surface area (Å²) < 4.78 is 25.7. The van der Waals surface area contributed by atoms with E-state index in [0.717, 1.165) is 5.56 Å². The third kappa shape index (κ3) is 5.75. The molecule has 3 aromatic carbocycles. The number of aromatic nitrogens is 3. The van der Waals surface area contributed by atoms with Gasteiger partial charge in [-0.05, 0) is 48.0 Å². The van der Waals surface area contributed by atoms with Crippen LogP contribution in [0.4, 0.5) is 4.39 Å². The quantitative estimate of drug-likeness (QED) is 0.261.